The molecular formula is C78H109BrN20O22S. The van der Waals surface area contributed by atoms with Gasteiger partial charge in [0, 0.05) is 74.4 Å². The molecule has 666 valence electrons. The molecule has 0 spiro atoms. The number of primary amides is 2. The summed E-state index contributed by atoms with van der Waals surface area (Å²) >= 11 is 3.39. The van der Waals surface area contributed by atoms with Crippen LogP contribution in [0.2, 0.25) is 0 Å². The second kappa shape index (κ2) is 46.0. The molecule has 0 bridgehead atoms. The average molecular weight is 1790 g/mol. The summed E-state index contributed by atoms with van der Waals surface area (Å²) in [6.07, 6.45) is -5.03. The van der Waals surface area contributed by atoms with Crippen LogP contribution in [0.3, 0.4) is 0 Å². The number of cyclic esters (lactones) is 1. The van der Waals surface area contributed by atoms with Crippen molar-refractivity contribution in [3.05, 3.63) is 106 Å². The third-order valence-electron chi connectivity index (χ3n) is 20.2. The van der Waals surface area contributed by atoms with E-state index < -0.39 is 251 Å². The standard InChI is InChI=1S/C78H109BrN20O22S/c1-39(2)61(94-73(113)62(40(3)4)93-71(111)57-22-16-30-99(57)76(116)53(90-65(105)41(5)86-38-100)32-45-23-25-47(79)26-24-45)72(112)89-52(33-46-35-85-49-20-14-13-19-48(46)49)67(107)87-50(21-15-29-84-78(82)83)66(106)92-55(37-122(118,119)120)69(109)96-64-43(7)121-60(104)36-97(8)75(115)54(34-59(81)103)91-74(114)63(42(6)101)95-68(108)51(31-44-17-11-10-12-18-44)88-70(110)56(27-28-58(80)102)98(9)77(64)117/h10-14,17-20,23-26,35,38-43,50-57,61-64,85,101H,15-16,21-22,27-34,36-37H2,1-9H3,(H2,80,102)(H2,81,103)(H,86,100)(H,87,107)(H,88,110)(H,89,112)(H,90,105)(H,91,114)(H,92,106)(H,93,111)(H,94,113)(H,95,108)(H,96,109)(H4,82,83,84)(H,118,119,120). The molecule has 2 aliphatic heterocycles. The molecule has 6 rings (SSSR count). The van der Waals surface area contributed by atoms with Gasteiger partial charge < -0.3 is 111 Å². The predicted octanol–water partition coefficient (Wildman–Crippen LogP) is -4.85. The highest BCUT2D eigenvalue weighted by molar-refractivity contribution is 9.10. The largest absolute Gasteiger partial charge is 0.459 e. The van der Waals surface area contributed by atoms with Crippen LogP contribution in [0.4, 0.5) is 0 Å². The number of likely N-dealkylation sites (N-methyl/N-ethyl adjacent to an activating group) is 2. The zero-order chi connectivity index (χ0) is 90.7. The Balaban J connectivity index is 1.35. The summed E-state index contributed by atoms with van der Waals surface area (Å²) < 4.78 is 43.0. The Morgan fingerprint density at radius 3 is 1.89 bits per heavy atom. The van der Waals surface area contributed by atoms with Gasteiger partial charge in [0.05, 0.1) is 12.5 Å². The smallest absolute Gasteiger partial charge is 0.325 e. The molecule has 3 aromatic carbocycles. The van der Waals surface area contributed by atoms with Crippen LogP contribution >= 0.6 is 15.9 Å². The minimum Gasteiger partial charge on any atom is -0.459 e. The Morgan fingerprint density at radius 2 is 1.28 bits per heavy atom. The lowest BCUT2D eigenvalue weighted by atomic mass is 9.98. The summed E-state index contributed by atoms with van der Waals surface area (Å²) in [5.74, 6) is -21.7. The van der Waals surface area contributed by atoms with Gasteiger partial charge in [-0.3, -0.25) is 91.5 Å². The summed E-state index contributed by atoms with van der Waals surface area (Å²) in [7, 11) is -3.48. The number of ether oxygens (including phenoxy) is 1. The van der Waals surface area contributed by atoms with E-state index in [2.05, 4.69) is 84.7 Å². The van der Waals surface area contributed by atoms with Gasteiger partial charge in [-0.1, -0.05) is 104 Å². The highest BCUT2D eigenvalue weighted by Gasteiger charge is 2.45. The number of likely N-dealkylation sites (tertiary alicyclic amines) is 1. The molecule has 15 atom stereocenters. The number of benzene rings is 3. The summed E-state index contributed by atoms with van der Waals surface area (Å²) in [4.78, 5) is 246. The van der Waals surface area contributed by atoms with E-state index in [1.165, 1.54) is 18.0 Å². The first-order chi connectivity index (χ1) is 57.4. The molecular weight excluding hydrogens is 1680 g/mol. The number of aromatic nitrogens is 1. The SMILES string of the molecule is CC(NC=O)C(=O)NC(Cc1ccc(Br)cc1)C(=O)N1CCCC1C(=O)NC(C(=O)NC(C(=O)NC(Cc1c[nH]c2ccccc12)C(=O)NC(CCCNC(=N)N)C(=O)NC(CS(=O)(=O)O)C(=O)NC1C(=O)N(C)C(CCC(N)=O)C(=O)NC(Cc2ccccc2)C(=O)NC(C(C)O)C(=O)NC(CC(N)=O)C(=O)N(C)CC(=O)OC1C)C(C)C)C(C)C. The highest BCUT2D eigenvalue weighted by atomic mass is 79.9. The molecule has 2 aliphatic rings. The molecule has 4 aromatic rings. The normalized spacial score (nSPS) is 20.3. The molecule has 44 heteroatoms. The molecule has 16 amide bonds. The third-order valence-corrected chi connectivity index (χ3v) is 21.5. The van der Waals surface area contributed by atoms with Crippen LogP contribution in [-0.2, 0) is 116 Å². The van der Waals surface area contributed by atoms with Crippen molar-refractivity contribution in [1.29, 1.82) is 5.41 Å². The summed E-state index contributed by atoms with van der Waals surface area (Å²) in [5.41, 5.74) is 18.6. The number of aliphatic hydroxyl groups is 1. The lowest BCUT2D eigenvalue weighted by Crippen LogP contribution is -2.63. The van der Waals surface area contributed by atoms with Crippen LogP contribution in [0.5, 0.6) is 0 Å². The number of aromatic amines is 1. The fourth-order valence-corrected chi connectivity index (χ4v) is 14.5. The van der Waals surface area contributed by atoms with E-state index in [1.54, 1.807) is 107 Å². The van der Waals surface area contributed by atoms with Crippen LogP contribution in [0.25, 0.3) is 10.9 Å². The van der Waals surface area contributed by atoms with Crippen LogP contribution < -0.4 is 81.0 Å². The Hall–Kier alpha value is -12.2. The maximum absolute atomic E-state index is 15.3. The van der Waals surface area contributed by atoms with Gasteiger partial charge >= 0.3 is 5.97 Å². The number of nitrogens with two attached hydrogens (primary N) is 3. The van der Waals surface area contributed by atoms with Crippen molar-refractivity contribution in [2.75, 3.05) is 39.5 Å². The number of fused-ring (bicyclic) bond motifs is 1. The molecule has 122 heavy (non-hydrogen) atoms. The van der Waals surface area contributed by atoms with Gasteiger partial charge in [-0.25, -0.2) is 0 Å². The van der Waals surface area contributed by atoms with Gasteiger partial charge in [0.1, 0.15) is 96.9 Å². The Bertz CT molecular complexity index is 4600. The second-order valence-corrected chi connectivity index (χ2v) is 33.0. The van der Waals surface area contributed by atoms with E-state index >= 15 is 24.0 Å². The quantitative estimate of drug-likeness (QED) is 0.00503. The Labute approximate surface area is 711 Å². The minimum absolute atomic E-state index is 0.0115. The number of carbonyl (C=O) groups excluding carboxylic acids is 17. The highest BCUT2D eigenvalue weighted by Crippen LogP contribution is 2.24. The van der Waals surface area contributed by atoms with Crippen LogP contribution in [0.1, 0.15) is 110 Å². The number of halogens is 1. The average Bonchev–Trinajstić information content (AvgIpc) is 1.59. The first kappa shape index (κ1) is 98.6. The third kappa shape index (κ3) is 29.6. The number of nitrogens with zero attached hydrogens (tertiary/aromatic N) is 3. The number of carbonyl (C=O) groups is 17. The first-order valence-electron chi connectivity index (χ1n) is 39.2. The molecule has 0 saturated carbocycles. The number of rotatable bonds is 37. The van der Waals surface area contributed by atoms with Crippen molar-refractivity contribution in [2.45, 2.75) is 203 Å². The van der Waals surface area contributed by atoms with Crippen LogP contribution in [0.15, 0.2) is 89.5 Å². The van der Waals surface area contributed by atoms with E-state index in [-0.39, 0.29) is 45.2 Å². The van der Waals surface area contributed by atoms with Gasteiger partial charge in [0.15, 0.2) is 5.96 Å². The van der Waals surface area contributed by atoms with Crippen molar-refractivity contribution in [3.8, 4) is 0 Å². The van der Waals surface area contributed by atoms with Gasteiger partial charge in [0.25, 0.3) is 10.1 Å². The minimum atomic E-state index is -5.44. The van der Waals surface area contributed by atoms with Crippen molar-refractivity contribution >= 4 is 144 Å². The number of amides is 16. The maximum atomic E-state index is 15.3. The molecule has 0 radical (unpaired) electrons. The molecule has 15 unspecified atom stereocenters. The van der Waals surface area contributed by atoms with Crippen LogP contribution in [-0.4, -0.2) is 275 Å². The van der Waals surface area contributed by atoms with Crippen molar-refractivity contribution < 1.29 is 104 Å². The predicted molar refractivity (Wildman–Crippen MR) is 442 cm³/mol. The molecule has 0 aliphatic carbocycles. The van der Waals surface area contributed by atoms with Gasteiger partial charge in [0.2, 0.25) is 95.0 Å². The van der Waals surface area contributed by atoms with E-state index in [0.717, 1.165) is 32.4 Å². The lowest BCUT2D eigenvalue weighted by molar-refractivity contribution is -0.158. The molecule has 2 saturated heterocycles. The number of hydrogen-bond donors (Lipinski definition) is 19. The molecule has 22 N–H and O–H groups in total. The fourth-order valence-electron chi connectivity index (χ4n) is 13.6. The van der Waals surface area contributed by atoms with Gasteiger partial charge in [-0.2, -0.15) is 8.42 Å². The number of para-hydroxylation sites is 1. The second-order valence-electron chi connectivity index (χ2n) is 30.6. The number of aliphatic hydroxyl groups excluding tert-OH is 1. The monoisotopic (exact) mass is 1790 g/mol. The van der Waals surface area contributed by atoms with E-state index in [4.69, 9.17) is 27.3 Å². The number of H-pyrrole nitrogens is 1. The Kier molecular flexibility index (Phi) is 37.2. The molecule has 2 fully saturated rings. The number of nitrogens with one attached hydrogen (secondary N) is 14. The zero-order valence-electron chi connectivity index (χ0n) is 68.8. The van der Waals surface area contributed by atoms with Crippen molar-refractivity contribution in [3.63, 3.8) is 0 Å². The number of esters is 1. The molecule has 1 aromatic heterocycles. The Morgan fingerprint density at radius 1 is 0.680 bits per heavy atom. The van der Waals surface area contributed by atoms with E-state index in [1.807, 2.05) is 0 Å². The summed E-state index contributed by atoms with van der Waals surface area (Å²) in [6.45, 7) is 8.66. The zero-order valence-corrected chi connectivity index (χ0v) is 71.2. The number of guanidine groups is 1. The lowest BCUT2D eigenvalue weighted by Gasteiger charge is -2.34. The van der Waals surface area contributed by atoms with Gasteiger partial charge in [-0.15, -0.1) is 0 Å². The van der Waals surface area contributed by atoms with Crippen molar-refractivity contribution in [2.24, 2.45) is 29.0 Å². The van der Waals surface area contributed by atoms with Crippen LogP contribution in [0, 0.1) is 17.2 Å². The van der Waals surface area contributed by atoms with E-state index in [9.17, 15) is 75.6 Å². The topological polar surface area (TPSA) is 646 Å². The van der Waals surface area contributed by atoms with E-state index in [0.29, 0.717) is 50.2 Å². The van der Waals surface area contributed by atoms with Crippen molar-refractivity contribution in [1.82, 2.24) is 83.5 Å². The molecule has 3 heterocycles. The first-order valence-corrected chi connectivity index (χ1v) is 41.6. The summed E-state index contributed by atoms with van der Waals surface area (Å²) in [6, 6.07) is -0.616. The number of hydrogen-bond acceptors (Lipinski definition) is 22. The summed E-state index contributed by atoms with van der Waals surface area (Å²) in [5, 5.41) is 48.9. The molecule has 42 nitrogen and oxygen atoms in total. The van der Waals surface area contributed by atoms with Gasteiger partial charge in [-0.05, 0) is 99.6 Å². The maximum Gasteiger partial charge on any atom is 0.325 e. The fraction of sp³-hybridized carbons (Fsp3) is 0.513.